The predicted molar refractivity (Wildman–Crippen MR) is 91.1 cm³/mol. The minimum atomic E-state index is 0.0174. The monoisotopic (exact) mass is 342 g/mol. The van der Waals surface area contributed by atoms with Crippen LogP contribution >= 0.6 is 11.5 Å². The van der Waals surface area contributed by atoms with Crippen molar-refractivity contribution in [3.8, 4) is 0 Å². The first-order valence-corrected chi connectivity index (χ1v) is 8.63. The lowest BCUT2D eigenvalue weighted by atomic mass is 10.1. The van der Waals surface area contributed by atoms with Gasteiger partial charge in [-0.2, -0.15) is 4.37 Å². The Hall–Kier alpha value is -2.32. The van der Waals surface area contributed by atoms with Crippen LogP contribution in [0.4, 0.5) is 5.13 Å². The molecule has 1 aliphatic rings. The molecule has 1 atom stereocenters. The molecule has 0 radical (unpaired) electrons. The third kappa shape index (κ3) is 3.02. The molecule has 1 saturated heterocycles. The van der Waals surface area contributed by atoms with E-state index in [-0.39, 0.29) is 6.04 Å². The zero-order valence-corrected chi connectivity index (χ0v) is 14.2. The lowest BCUT2D eigenvalue weighted by Gasteiger charge is -2.34. The molecule has 0 saturated carbocycles. The molecular weight excluding hydrogens is 324 g/mol. The minimum absolute atomic E-state index is 0.0174. The van der Waals surface area contributed by atoms with E-state index in [4.69, 9.17) is 9.72 Å². The first kappa shape index (κ1) is 15.2. The lowest BCUT2D eigenvalue weighted by Crippen LogP contribution is -2.40. The largest absolute Gasteiger partial charge is 0.377 e. The van der Waals surface area contributed by atoms with E-state index in [9.17, 15) is 0 Å². The summed E-state index contributed by atoms with van der Waals surface area (Å²) in [5.74, 6) is 1.74. The van der Waals surface area contributed by atoms with Gasteiger partial charge in [0.1, 0.15) is 18.2 Å². The highest BCUT2D eigenvalue weighted by molar-refractivity contribution is 7.09. The third-order valence-corrected chi connectivity index (χ3v) is 4.87. The van der Waals surface area contributed by atoms with Crippen molar-refractivity contribution < 1.29 is 4.74 Å². The molecule has 1 aromatic carbocycles. The first-order valence-electron chi connectivity index (χ1n) is 7.86. The molecule has 1 unspecified atom stereocenters. The molecule has 2 aromatic heterocycles. The number of ether oxygens (including phenoxy) is 1. The van der Waals surface area contributed by atoms with Crippen LogP contribution in [0.25, 0.3) is 0 Å². The summed E-state index contributed by atoms with van der Waals surface area (Å²) in [6.07, 6.45) is 2.46. The molecule has 0 N–H and O–H groups in total. The Kier molecular flexibility index (Phi) is 4.22. The van der Waals surface area contributed by atoms with Crippen LogP contribution in [-0.2, 0) is 18.2 Å². The third-order valence-electron chi connectivity index (χ3n) is 4.08. The van der Waals surface area contributed by atoms with E-state index in [0.717, 1.165) is 29.7 Å². The van der Waals surface area contributed by atoms with Crippen molar-refractivity contribution in [2.45, 2.75) is 12.5 Å². The molecule has 0 amide bonds. The highest BCUT2D eigenvalue weighted by Crippen LogP contribution is 2.30. The number of anilines is 1. The van der Waals surface area contributed by atoms with Gasteiger partial charge in [-0.1, -0.05) is 30.3 Å². The number of nitrogens with zero attached hydrogens (tertiary/aromatic N) is 6. The number of benzene rings is 1. The van der Waals surface area contributed by atoms with Gasteiger partial charge in [-0.05, 0) is 5.56 Å². The molecule has 1 aliphatic heterocycles. The van der Waals surface area contributed by atoms with Crippen LogP contribution < -0.4 is 4.90 Å². The SMILES string of the molecule is Cn1cnnc1C1COCCN1c1nc(Cc2ccccc2)ns1. The maximum atomic E-state index is 5.65. The zero-order chi connectivity index (χ0) is 16.4. The molecule has 4 rings (SSSR count). The Labute approximate surface area is 144 Å². The normalized spacial score (nSPS) is 18.0. The van der Waals surface area contributed by atoms with Gasteiger partial charge in [-0.3, -0.25) is 0 Å². The Morgan fingerprint density at radius 3 is 2.96 bits per heavy atom. The number of rotatable bonds is 4. The summed E-state index contributed by atoms with van der Waals surface area (Å²) in [7, 11) is 1.95. The predicted octanol–water partition coefficient (Wildman–Crippen LogP) is 1.84. The van der Waals surface area contributed by atoms with Crippen LogP contribution in [0, 0.1) is 0 Å². The summed E-state index contributed by atoms with van der Waals surface area (Å²) < 4.78 is 12.1. The average Bonchev–Trinajstić information content (AvgIpc) is 3.25. The van der Waals surface area contributed by atoms with E-state index in [2.05, 4.69) is 31.6 Å². The number of morpholine rings is 1. The average molecular weight is 342 g/mol. The first-order chi connectivity index (χ1) is 11.8. The topological polar surface area (TPSA) is 69.0 Å². The van der Waals surface area contributed by atoms with Gasteiger partial charge in [0.05, 0.1) is 13.2 Å². The van der Waals surface area contributed by atoms with Gasteiger partial charge in [-0.25, -0.2) is 4.98 Å². The van der Waals surface area contributed by atoms with Crippen molar-refractivity contribution in [1.82, 2.24) is 24.1 Å². The van der Waals surface area contributed by atoms with Crippen molar-refractivity contribution in [2.75, 3.05) is 24.7 Å². The minimum Gasteiger partial charge on any atom is -0.377 e. The lowest BCUT2D eigenvalue weighted by molar-refractivity contribution is 0.0908. The summed E-state index contributed by atoms with van der Waals surface area (Å²) in [6.45, 7) is 2.04. The molecule has 24 heavy (non-hydrogen) atoms. The number of hydrogen-bond donors (Lipinski definition) is 0. The van der Waals surface area contributed by atoms with E-state index in [1.165, 1.54) is 17.1 Å². The highest BCUT2D eigenvalue weighted by atomic mass is 32.1. The van der Waals surface area contributed by atoms with Crippen molar-refractivity contribution in [2.24, 2.45) is 7.05 Å². The van der Waals surface area contributed by atoms with Crippen LogP contribution in [0.1, 0.15) is 23.3 Å². The van der Waals surface area contributed by atoms with Gasteiger partial charge in [-0.15, -0.1) is 10.2 Å². The second-order valence-electron chi connectivity index (χ2n) is 5.74. The van der Waals surface area contributed by atoms with Crippen molar-refractivity contribution in [3.05, 3.63) is 53.9 Å². The Morgan fingerprint density at radius 2 is 2.17 bits per heavy atom. The molecule has 7 nitrogen and oxygen atoms in total. The van der Waals surface area contributed by atoms with Gasteiger partial charge < -0.3 is 14.2 Å². The zero-order valence-electron chi connectivity index (χ0n) is 13.4. The molecule has 0 spiro atoms. The molecule has 8 heteroatoms. The van der Waals surface area contributed by atoms with E-state index >= 15 is 0 Å². The van der Waals surface area contributed by atoms with Gasteiger partial charge >= 0.3 is 0 Å². The van der Waals surface area contributed by atoms with Crippen LogP contribution in [-0.4, -0.2) is 43.9 Å². The second kappa shape index (κ2) is 6.66. The quantitative estimate of drug-likeness (QED) is 0.721. The smallest absolute Gasteiger partial charge is 0.206 e. The fourth-order valence-corrected chi connectivity index (χ4v) is 3.61. The fourth-order valence-electron chi connectivity index (χ4n) is 2.85. The van der Waals surface area contributed by atoms with Gasteiger partial charge in [0.15, 0.2) is 5.82 Å². The Balaban J connectivity index is 1.57. The summed E-state index contributed by atoms with van der Waals surface area (Å²) in [4.78, 5) is 6.96. The van der Waals surface area contributed by atoms with E-state index in [1.807, 2.05) is 29.8 Å². The molecule has 3 aromatic rings. The van der Waals surface area contributed by atoms with Crippen molar-refractivity contribution in [1.29, 1.82) is 0 Å². The fraction of sp³-hybridized carbons (Fsp3) is 0.375. The maximum absolute atomic E-state index is 5.65. The molecule has 0 aliphatic carbocycles. The molecule has 0 bridgehead atoms. The summed E-state index contributed by atoms with van der Waals surface area (Å²) in [5, 5.41) is 9.14. The number of aryl methyl sites for hydroxylation is 1. The van der Waals surface area contributed by atoms with E-state index < -0.39 is 0 Å². The molecule has 3 heterocycles. The van der Waals surface area contributed by atoms with E-state index in [1.54, 1.807) is 6.33 Å². The molecule has 1 fully saturated rings. The Morgan fingerprint density at radius 1 is 1.29 bits per heavy atom. The van der Waals surface area contributed by atoms with E-state index in [0.29, 0.717) is 13.2 Å². The molecular formula is C16H18N6OS. The molecule has 124 valence electrons. The van der Waals surface area contributed by atoms with Crippen molar-refractivity contribution >= 4 is 16.7 Å². The Bertz CT molecular complexity index is 802. The highest BCUT2D eigenvalue weighted by Gasteiger charge is 2.30. The van der Waals surface area contributed by atoms with Gasteiger partial charge in [0.2, 0.25) is 5.13 Å². The summed E-state index contributed by atoms with van der Waals surface area (Å²) in [5.41, 5.74) is 1.22. The van der Waals surface area contributed by atoms with Crippen LogP contribution in [0.15, 0.2) is 36.7 Å². The van der Waals surface area contributed by atoms with Gasteiger partial charge in [0, 0.05) is 31.5 Å². The van der Waals surface area contributed by atoms with Crippen LogP contribution in [0.5, 0.6) is 0 Å². The van der Waals surface area contributed by atoms with Crippen LogP contribution in [0.3, 0.4) is 0 Å². The van der Waals surface area contributed by atoms with Gasteiger partial charge in [0.25, 0.3) is 0 Å². The number of aromatic nitrogens is 5. The summed E-state index contributed by atoms with van der Waals surface area (Å²) >= 11 is 1.43. The van der Waals surface area contributed by atoms with Crippen LogP contribution in [0.2, 0.25) is 0 Å². The van der Waals surface area contributed by atoms with Crippen molar-refractivity contribution in [3.63, 3.8) is 0 Å². The standard InChI is InChI=1S/C16H18N6OS/c1-21-11-17-19-15(21)13-10-23-8-7-22(13)16-18-14(20-24-16)9-12-5-3-2-4-6-12/h2-6,11,13H,7-10H2,1H3. The summed E-state index contributed by atoms with van der Waals surface area (Å²) in [6, 6.07) is 10.3. The maximum Gasteiger partial charge on any atom is 0.206 e. The number of hydrogen-bond acceptors (Lipinski definition) is 7. The second-order valence-corrected chi connectivity index (χ2v) is 6.47.